The molecule has 0 aliphatic rings. The van der Waals surface area contributed by atoms with Crippen LogP contribution in [0.4, 0.5) is 0 Å². The molecule has 3 aromatic rings. The highest BCUT2D eigenvalue weighted by Crippen LogP contribution is 2.27. The second-order valence-electron chi connectivity index (χ2n) is 4.28. The number of fused-ring (bicyclic) bond motifs is 1. The summed E-state index contributed by atoms with van der Waals surface area (Å²) in [5.74, 6) is 5.13. The summed E-state index contributed by atoms with van der Waals surface area (Å²) >= 11 is 1.48. The number of aromatic nitrogens is 2. The zero-order valence-electron chi connectivity index (χ0n) is 10.8. The Labute approximate surface area is 123 Å². The molecule has 0 aliphatic carbocycles. The molecule has 5 nitrogen and oxygen atoms in total. The van der Waals surface area contributed by atoms with Gasteiger partial charge in [0.2, 0.25) is 0 Å². The number of carbonyl (C=O) groups is 1. The van der Waals surface area contributed by atoms with Crippen LogP contribution in [0.2, 0.25) is 0 Å². The number of nitrogens with zero attached hydrogens (tertiary/aromatic N) is 1. The summed E-state index contributed by atoms with van der Waals surface area (Å²) in [7, 11) is 0. The normalized spacial score (nSPS) is 10.3. The molecule has 104 valence electrons. The first-order valence-corrected chi connectivity index (χ1v) is 6.97. The number of aromatic carboxylic acids is 1. The van der Waals surface area contributed by atoms with Gasteiger partial charge in [-0.3, -0.25) is 0 Å². The van der Waals surface area contributed by atoms with E-state index < -0.39 is 5.97 Å². The molecule has 2 heterocycles. The predicted molar refractivity (Wildman–Crippen MR) is 80.3 cm³/mol. The first kappa shape index (κ1) is 13.4. The zero-order chi connectivity index (χ0) is 14.8. The van der Waals surface area contributed by atoms with E-state index in [1.54, 1.807) is 12.1 Å². The van der Waals surface area contributed by atoms with Crippen molar-refractivity contribution in [3.63, 3.8) is 0 Å². The number of aromatic amines is 1. The van der Waals surface area contributed by atoms with E-state index in [-0.39, 0.29) is 12.2 Å². The van der Waals surface area contributed by atoms with Crippen LogP contribution in [-0.4, -0.2) is 32.8 Å². The molecule has 0 atom stereocenters. The van der Waals surface area contributed by atoms with Crippen molar-refractivity contribution in [2.45, 2.75) is 0 Å². The second-order valence-corrected chi connectivity index (χ2v) is 5.19. The summed E-state index contributed by atoms with van der Waals surface area (Å²) < 4.78 is 0. The first-order chi connectivity index (χ1) is 10.2. The Morgan fingerprint density at radius 3 is 3.00 bits per heavy atom. The van der Waals surface area contributed by atoms with E-state index in [4.69, 9.17) is 10.2 Å². The molecule has 0 radical (unpaired) electrons. The van der Waals surface area contributed by atoms with Crippen molar-refractivity contribution in [1.29, 1.82) is 0 Å². The SMILES string of the molecule is O=C(O)c1ccc2nc(-c3cc(C#CCO)cs3)[nH]c2c1. The highest BCUT2D eigenvalue weighted by atomic mass is 32.1. The first-order valence-electron chi connectivity index (χ1n) is 6.09. The fraction of sp³-hybridized carbons (Fsp3) is 0.0667. The van der Waals surface area contributed by atoms with Crippen molar-refractivity contribution >= 4 is 28.3 Å². The standard InChI is InChI=1S/C15H10N2O3S/c18-5-1-2-9-6-13(21-8-9)14-16-11-4-3-10(15(19)20)7-12(11)17-14/h3-4,6-8,18H,5H2,(H,16,17)(H,19,20). The molecular formula is C15H10N2O3S. The predicted octanol–water partition coefficient (Wildman–Crippen LogP) is 2.33. The molecular weight excluding hydrogens is 288 g/mol. The van der Waals surface area contributed by atoms with Gasteiger partial charge in [-0.15, -0.1) is 11.3 Å². The van der Waals surface area contributed by atoms with Gasteiger partial charge in [-0.1, -0.05) is 11.8 Å². The van der Waals surface area contributed by atoms with Gasteiger partial charge in [0.05, 0.1) is 21.5 Å². The van der Waals surface area contributed by atoms with Gasteiger partial charge in [-0.2, -0.15) is 0 Å². The molecule has 6 heteroatoms. The molecule has 0 saturated carbocycles. The van der Waals surface area contributed by atoms with Gasteiger partial charge in [-0.25, -0.2) is 9.78 Å². The maximum Gasteiger partial charge on any atom is 0.335 e. The monoisotopic (exact) mass is 298 g/mol. The van der Waals surface area contributed by atoms with Gasteiger partial charge in [0, 0.05) is 10.9 Å². The molecule has 0 spiro atoms. The Balaban J connectivity index is 2.00. The molecule has 0 unspecified atom stereocenters. The van der Waals surface area contributed by atoms with Gasteiger partial charge >= 0.3 is 5.97 Å². The molecule has 21 heavy (non-hydrogen) atoms. The van der Waals surface area contributed by atoms with E-state index >= 15 is 0 Å². The lowest BCUT2D eigenvalue weighted by Gasteiger charge is -1.92. The van der Waals surface area contributed by atoms with Crippen molar-refractivity contribution in [1.82, 2.24) is 9.97 Å². The number of aliphatic hydroxyl groups is 1. The number of carboxylic acids is 1. The van der Waals surface area contributed by atoms with Crippen LogP contribution in [0.1, 0.15) is 15.9 Å². The maximum atomic E-state index is 11.0. The number of hydrogen-bond donors (Lipinski definition) is 3. The number of nitrogens with one attached hydrogen (secondary N) is 1. The average molecular weight is 298 g/mol. The van der Waals surface area contributed by atoms with Crippen molar-refractivity contribution < 1.29 is 15.0 Å². The largest absolute Gasteiger partial charge is 0.478 e. The van der Waals surface area contributed by atoms with Crippen molar-refractivity contribution in [2.75, 3.05) is 6.61 Å². The Bertz CT molecular complexity index is 883. The fourth-order valence-electron chi connectivity index (χ4n) is 1.93. The van der Waals surface area contributed by atoms with E-state index in [9.17, 15) is 4.79 Å². The minimum absolute atomic E-state index is 0.173. The van der Waals surface area contributed by atoms with Crippen LogP contribution < -0.4 is 0 Å². The Morgan fingerprint density at radius 1 is 1.38 bits per heavy atom. The lowest BCUT2D eigenvalue weighted by molar-refractivity contribution is 0.0697. The van der Waals surface area contributed by atoms with Crippen molar-refractivity contribution in [2.24, 2.45) is 0 Å². The molecule has 0 fully saturated rings. The number of carboxylic acid groups (broad SMARTS) is 1. The average Bonchev–Trinajstić information content (AvgIpc) is 3.10. The molecule has 1 aromatic carbocycles. The third-order valence-corrected chi connectivity index (χ3v) is 3.81. The van der Waals surface area contributed by atoms with Crippen LogP contribution in [0, 0.1) is 11.8 Å². The van der Waals surface area contributed by atoms with Gasteiger partial charge in [0.25, 0.3) is 0 Å². The van der Waals surface area contributed by atoms with Crippen LogP contribution >= 0.6 is 11.3 Å². The molecule has 0 bridgehead atoms. The summed E-state index contributed by atoms with van der Waals surface area (Å²) in [6.07, 6.45) is 0. The van der Waals surface area contributed by atoms with Crippen molar-refractivity contribution in [3.05, 3.63) is 40.8 Å². The number of imidazole rings is 1. The van der Waals surface area contributed by atoms with Crippen LogP contribution in [0.3, 0.4) is 0 Å². The Kier molecular flexibility index (Phi) is 3.44. The van der Waals surface area contributed by atoms with E-state index in [2.05, 4.69) is 21.8 Å². The minimum atomic E-state index is -0.967. The number of hydrogen-bond acceptors (Lipinski definition) is 4. The van der Waals surface area contributed by atoms with Crippen LogP contribution in [-0.2, 0) is 0 Å². The Hall–Kier alpha value is -2.62. The van der Waals surface area contributed by atoms with Crippen LogP contribution in [0.5, 0.6) is 0 Å². The summed E-state index contributed by atoms with van der Waals surface area (Å²) in [6, 6.07) is 6.65. The van der Waals surface area contributed by atoms with Crippen LogP contribution in [0.15, 0.2) is 29.6 Å². The molecule has 0 aliphatic heterocycles. The smallest absolute Gasteiger partial charge is 0.335 e. The quantitative estimate of drug-likeness (QED) is 0.634. The summed E-state index contributed by atoms with van der Waals surface area (Å²) in [5.41, 5.74) is 2.43. The highest BCUT2D eigenvalue weighted by Gasteiger charge is 2.10. The molecule has 3 N–H and O–H groups in total. The highest BCUT2D eigenvalue weighted by molar-refractivity contribution is 7.13. The topological polar surface area (TPSA) is 86.2 Å². The van der Waals surface area contributed by atoms with E-state index in [0.717, 1.165) is 10.4 Å². The number of benzene rings is 1. The molecule has 2 aromatic heterocycles. The third-order valence-electron chi connectivity index (χ3n) is 2.87. The lowest BCUT2D eigenvalue weighted by atomic mass is 10.2. The lowest BCUT2D eigenvalue weighted by Crippen LogP contribution is -1.94. The fourth-order valence-corrected chi connectivity index (χ4v) is 2.71. The molecule has 3 rings (SSSR count). The summed E-state index contributed by atoms with van der Waals surface area (Å²) in [5, 5.41) is 19.5. The second kappa shape index (κ2) is 5.40. The van der Waals surface area contributed by atoms with E-state index in [1.807, 2.05) is 11.4 Å². The van der Waals surface area contributed by atoms with Gasteiger partial charge in [0.1, 0.15) is 12.4 Å². The third kappa shape index (κ3) is 2.65. The van der Waals surface area contributed by atoms with E-state index in [1.165, 1.54) is 17.4 Å². The van der Waals surface area contributed by atoms with Gasteiger partial charge in [0.15, 0.2) is 0 Å². The number of rotatable bonds is 2. The summed E-state index contributed by atoms with van der Waals surface area (Å²) in [6.45, 7) is -0.173. The minimum Gasteiger partial charge on any atom is -0.478 e. The van der Waals surface area contributed by atoms with Gasteiger partial charge in [-0.05, 0) is 24.3 Å². The Morgan fingerprint density at radius 2 is 2.24 bits per heavy atom. The van der Waals surface area contributed by atoms with Gasteiger partial charge < -0.3 is 15.2 Å². The molecule has 0 saturated heterocycles. The molecule has 0 amide bonds. The van der Waals surface area contributed by atoms with Crippen molar-refractivity contribution in [3.8, 4) is 22.5 Å². The van der Waals surface area contributed by atoms with Crippen LogP contribution in [0.25, 0.3) is 21.7 Å². The number of thiophene rings is 1. The summed E-state index contributed by atoms with van der Waals surface area (Å²) in [4.78, 5) is 19.4. The number of aliphatic hydroxyl groups excluding tert-OH is 1. The van der Waals surface area contributed by atoms with E-state index in [0.29, 0.717) is 16.9 Å². The zero-order valence-corrected chi connectivity index (χ0v) is 11.6. The maximum absolute atomic E-state index is 11.0. The number of H-pyrrole nitrogens is 1.